The van der Waals surface area contributed by atoms with Gasteiger partial charge in [0.15, 0.2) is 5.76 Å². The number of rotatable bonds is 4. The fourth-order valence-corrected chi connectivity index (χ4v) is 6.51. The lowest BCUT2D eigenvalue weighted by molar-refractivity contribution is -0.172. The fraction of sp³-hybridized carbons (Fsp3) is 0.708. The Balaban J connectivity index is 2.03. The van der Waals surface area contributed by atoms with E-state index in [9.17, 15) is 19.5 Å². The molecule has 0 aliphatic heterocycles. The van der Waals surface area contributed by atoms with Crippen LogP contribution in [0.5, 0.6) is 0 Å². The molecule has 0 aromatic rings. The van der Waals surface area contributed by atoms with Crippen LogP contribution in [-0.2, 0) is 19.1 Å². The van der Waals surface area contributed by atoms with Crippen LogP contribution in [0.1, 0.15) is 52.9 Å². The van der Waals surface area contributed by atoms with E-state index >= 15 is 0 Å². The zero-order valence-electron chi connectivity index (χ0n) is 19.2. The highest BCUT2D eigenvalue weighted by atomic mass is 16.5. The normalized spacial score (nSPS) is 36.6. The van der Waals surface area contributed by atoms with E-state index in [1.165, 1.54) is 12.0 Å². The Morgan fingerprint density at radius 3 is 2.58 bits per heavy atom. The summed E-state index contributed by atoms with van der Waals surface area (Å²) in [6, 6.07) is 0. The van der Waals surface area contributed by atoms with Crippen molar-refractivity contribution in [1.82, 2.24) is 4.90 Å². The molecule has 3 aliphatic rings. The minimum atomic E-state index is -0.958. The maximum atomic E-state index is 13.5. The van der Waals surface area contributed by atoms with Gasteiger partial charge in [0.05, 0.1) is 19.1 Å². The number of allylic oxidation sites excluding steroid dienone is 3. The summed E-state index contributed by atoms with van der Waals surface area (Å²) in [6.45, 7) is 5.95. The van der Waals surface area contributed by atoms with Gasteiger partial charge < -0.3 is 19.8 Å². The Morgan fingerprint density at radius 2 is 1.97 bits per heavy atom. The molecule has 7 heteroatoms. The van der Waals surface area contributed by atoms with Crippen molar-refractivity contribution in [2.75, 3.05) is 27.3 Å². The zero-order valence-corrected chi connectivity index (χ0v) is 19.2. The molecular formula is C24H35NO6. The molecule has 3 rings (SSSR count). The Kier molecular flexibility index (Phi) is 6.38. The number of likely N-dealkylation sites (N-methyl/N-ethyl adjacent to an activating group) is 1. The smallest absolute Gasteiger partial charge is 0.312 e. The molecule has 3 aliphatic carbocycles. The summed E-state index contributed by atoms with van der Waals surface area (Å²) in [6.07, 6.45) is 5.17. The first-order valence-corrected chi connectivity index (χ1v) is 11.1. The van der Waals surface area contributed by atoms with E-state index < -0.39 is 22.7 Å². The third-order valence-corrected chi connectivity index (χ3v) is 8.17. The second kappa shape index (κ2) is 8.41. The van der Waals surface area contributed by atoms with E-state index in [0.717, 1.165) is 18.4 Å². The minimum Gasteiger partial charge on any atom is -0.504 e. The lowest BCUT2D eigenvalue weighted by Crippen LogP contribution is -2.58. The number of ketones is 1. The highest BCUT2D eigenvalue weighted by Crippen LogP contribution is 2.63. The number of esters is 1. The Labute approximate surface area is 184 Å². The molecule has 172 valence electrons. The van der Waals surface area contributed by atoms with Crippen molar-refractivity contribution < 1.29 is 29.3 Å². The number of hydrogen-bond acceptors (Lipinski definition) is 6. The maximum absolute atomic E-state index is 13.5. The van der Waals surface area contributed by atoms with E-state index in [2.05, 4.69) is 6.92 Å². The van der Waals surface area contributed by atoms with Crippen LogP contribution in [0, 0.1) is 28.6 Å². The van der Waals surface area contributed by atoms with Crippen molar-refractivity contribution in [2.45, 2.75) is 52.9 Å². The third kappa shape index (κ3) is 3.60. The summed E-state index contributed by atoms with van der Waals surface area (Å²) < 4.78 is 5.07. The molecule has 0 saturated heterocycles. The molecule has 0 radical (unpaired) electrons. The second-order valence-electron chi connectivity index (χ2n) is 9.89. The van der Waals surface area contributed by atoms with Crippen LogP contribution in [0.25, 0.3) is 0 Å². The van der Waals surface area contributed by atoms with Gasteiger partial charge in [0, 0.05) is 31.5 Å². The Bertz CT molecular complexity index is 845. The first-order chi connectivity index (χ1) is 14.5. The number of carbonyl (C=O) groups is 3. The van der Waals surface area contributed by atoms with Gasteiger partial charge in [-0.3, -0.25) is 14.4 Å². The number of carbonyl (C=O) groups excluding carboxylic acids is 3. The molecule has 7 nitrogen and oxygen atoms in total. The average molecular weight is 434 g/mol. The van der Waals surface area contributed by atoms with Gasteiger partial charge in [-0.15, -0.1) is 0 Å². The molecular weight excluding hydrogens is 398 g/mol. The van der Waals surface area contributed by atoms with Gasteiger partial charge >= 0.3 is 5.97 Å². The average Bonchev–Trinajstić information content (AvgIpc) is 2.72. The summed E-state index contributed by atoms with van der Waals surface area (Å²) in [5.74, 6) is -2.09. The van der Waals surface area contributed by atoms with Gasteiger partial charge in [0.2, 0.25) is 11.7 Å². The van der Waals surface area contributed by atoms with E-state index in [0.29, 0.717) is 24.8 Å². The number of hydrogen-bond donors (Lipinski definition) is 2. The highest BCUT2D eigenvalue weighted by Gasteiger charge is 2.63. The Morgan fingerprint density at radius 1 is 1.29 bits per heavy atom. The van der Waals surface area contributed by atoms with Gasteiger partial charge in [-0.25, -0.2) is 0 Å². The Hall–Kier alpha value is -2.15. The molecule has 0 heterocycles. The quantitative estimate of drug-likeness (QED) is 0.522. The van der Waals surface area contributed by atoms with Crippen LogP contribution in [-0.4, -0.2) is 60.1 Å². The van der Waals surface area contributed by atoms with Crippen LogP contribution in [0.3, 0.4) is 0 Å². The molecule has 1 amide bonds. The summed E-state index contributed by atoms with van der Waals surface area (Å²) in [7, 11) is 2.98. The van der Waals surface area contributed by atoms with Crippen LogP contribution in [0.2, 0.25) is 0 Å². The molecule has 31 heavy (non-hydrogen) atoms. The number of fused-ring (bicyclic) bond motifs is 3. The topological polar surface area (TPSA) is 104 Å². The third-order valence-electron chi connectivity index (χ3n) is 8.17. The van der Waals surface area contributed by atoms with E-state index in [4.69, 9.17) is 9.84 Å². The van der Waals surface area contributed by atoms with Gasteiger partial charge in [0.1, 0.15) is 0 Å². The summed E-state index contributed by atoms with van der Waals surface area (Å²) >= 11 is 0. The highest BCUT2D eigenvalue weighted by molar-refractivity contribution is 6.01. The van der Waals surface area contributed by atoms with Crippen molar-refractivity contribution in [3.8, 4) is 0 Å². The first-order valence-electron chi connectivity index (χ1n) is 11.1. The molecule has 2 saturated carbocycles. The lowest BCUT2D eigenvalue weighted by Gasteiger charge is -2.57. The molecule has 0 unspecified atom stereocenters. The van der Waals surface area contributed by atoms with Crippen molar-refractivity contribution in [3.05, 3.63) is 23.0 Å². The van der Waals surface area contributed by atoms with Crippen LogP contribution >= 0.6 is 0 Å². The predicted octanol–water partition coefficient (Wildman–Crippen LogP) is 2.79. The standard InChI is InChI=1S/C24H35NO6/c1-14-15(13-17(27)25(4)11-12-26)7-8-16-18(14)19(28)20(29)21-23(16,2)9-6-10-24(21,3)22(30)31-5/h13-14,16,21,26,28H,6-12H2,1-5H3/b15-13+/t14-,16-,21+,23+,24-/m0/s1. The van der Waals surface area contributed by atoms with Gasteiger partial charge in [-0.2, -0.15) is 0 Å². The monoisotopic (exact) mass is 433 g/mol. The van der Waals surface area contributed by atoms with Crippen molar-refractivity contribution in [2.24, 2.45) is 28.6 Å². The summed E-state index contributed by atoms with van der Waals surface area (Å²) in [5, 5.41) is 20.1. The zero-order chi connectivity index (χ0) is 23.1. The summed E-state index contributed by atoms with van der Waals surface area (Å²) in [5.41, 5.74) is 0.180. The second-order valence-corrected chi connectivity index (χ2v) is 9.89. The summed E-state index contributed by atoms with van der Waals surface area (Å²) in [4.78, 5) is 40.1. The van der Waals surface area contributed by atoms with Crippen LogP contribution in [0.15, 0.2) is 23.0 Å². The van der Waals surface area contributed by atoms with E-state index in [1.807, 2.05) is 6.92 Å². The van der Waals surface area contributed by atoms with Gasteiger partial charge in [-0.1, -0.05) is 25.8 Å². The van der Waals surface area contributed by atoms with Crippen molar-refractivity contribution >= 4 is 17.7 Å². The number of nitrogens with zero attached hydrogens (tertiary/aromatic N) is 1. The molecule has 0 spiro atoms. The number of Topliss-reactive ketones (excluding diaryl/α,β-unsaturated/α-hetero) is 1. The molecule has 2 N–H and O–H groups in total. The van der Waals surface area contributed by atoms with Gasteiger partial charge in [0.25, 0.3) is 0 Å². The maximum Gasteiger partial charge on any atom is 0.312 e. The molecule has 0 aromatic heterocycles. The van der Waals surface area contributed by atoms with E-state index in [-0.39, 0.29) is 42.4 Å². The van der Waals surface area contributed by atoms with Crippen LogP contribution < -0.4 is 0 Å². The number of ether oxygens (including phenoxy) is 1. The van der Waals surface area contributed by atoms with Crippen molar-refractivity contribution in [3.63, 3.8) is 0 Å². The number of aliphatic hydroxyl groups excluding tert-OH is 2. The van der Waals surface area contributed by atoms with Crippen molar-refractivity contribution in [1.29, 1.82) is 0 Å². The fourth-order valence-electron chi connectivity index (χ4n) is 6.51. The number of aliphatic hydroxyl groups is 2. The largest absolute Gasteiger partial charge is 0.504 e. The lowest BCUT2D eigenvalue weighted by atomic mass is 9.45. The molecule has 0 aromatic carbocycles. The first kappa shape index (κ1) is 23.5. The SMILES string of the molecule is COC(=O)[C@@]1(C)CCC[C@@]2(C)[C@H]1C(=O)C(O)=C1[C@@H](C)/C(=C/C(=O)N(C)CCO)CC[C@@H]12. The van der Waals surface area contributed by atoms with Gasteiger partial charge in [-0.05, 0) is 49.5 Å². The minimum absolute atomic E-state index is 0.0306. The molecule has 2 fully saturated rings. The van der Waals surface area contributed by atoms with Crippen LogP contribution in [0.4, 0.5) is 0 Å². The molecule has 5 atom stereocenters. The number of methoxy groups -OCH3 is 1. The predicted molar refractivity (Wildman–Crippen MR) is 115 cm³/mol. The molecule has 0 bridgehead atoms. The number of amides is 1. The van der Waals surface area contributed by atoms with E-state index in [1.54, 1.807) is 20.0 Å².